The normalized spacial score (nSPS) is 10.6. The van der Waals surface area contributed by atoms with Crippen LogP contribution >= 0.6 is 12.4 Å². The molecule has 27 heavy (non-hydrogen) atoms. The molecule has 0 unspecified atom stereocenters. The smallest absolute Gasteiger partial charge is 0.182 e. The van der Waals surface area contributed by atoms with E-state index in [2.05, 4.69) is 20.2 Å². The van der Waals surface area contributed by atoms with Gasteiger partial charge in [-0.05, 0) is 12.1 Å². The predicted molar refractivity (Wildman–Crippen MR) is 100 cm³/mol. The van der Waals surface area contributed by atoms with Crippen molar-refractivity contribution in [2.24, 2.45) is 0 Å². The molecule has 3 heterocycles. The summed E-state index contributed by atoms with van der Waals surface area (Å²) in [4.78, 5) is 8.31. The number of rotatable bonds is 4. The zero-order chi connectivity index (χ0) is 18.1. The van der Waals surface area contributed by atoms with Gasteiger partial charge in [0.2, 0.25) is 0 Å². The van der Waals surface area contributed by atoms with Crippen LogP contribution in [0.25, 0.3) is 22.9 Å². The molecule has 3 aromatic heterocycles. The Morgan fingerprint density at radius 1 is 1.11 bits per heavy atom. The van der Waals surface area contributed by atoms with Crippen molar-refractivity contribution in [3.05, 3.63) is 60.2 Å². The van der Waals surface area contributed by atoms with E-state index in [1.165, 1.54) is 18.5 Å². The third-order valence-corrected chi connectivity index (χ3v) is 3.84. The summed E-state index contributed by atoms with van der Waals surface area (Å²) >= 11 is 0. The molecule has 0 saturated heterocycles. The first-order valence-corrected chi connectivity index (χ1v) is 7.72. The van der Waals surface area contributed by atoms with Gasteiger partial charge in [-0.25, -0.2) is 14.4 Å². The topological polar surface area (TPSA) is 122 Å². The standard InChI is InChI=1S/C17H14FN7O.ClH/c18-11-4-2-1-3-10(11)9-25-15(13-5-6-26-24-13)7-14(23-25)17-21-8-12(19)16(20)22-17;/h1-8H,9,19H2,(H2,20,21,22);1H. The summed E-state index contributed by atoms with van der Waals surface area (Å²) in [5, 5.41) is 8.43. The zero-order valence-corrected chi connectivity index (χ0v) is 14.7. The Kier molecular flexibility index (Phi) is 5.04. The van der Waals surface area contributed by atoms with Crippen molar-refractivity contribution >= 4 is 23.9 Å². The van der Waals surface area contributed by atoms with Crippen LogP contribution < -0.4 is 11.5 Å². The largest absolute Gasteiger partial charge is 0.394 e. The second kappa shape index (κ2) is 7.42. The van der Waals surface area contributed by atoms with Gasteiger partial charge in [0.05, 0.1) is 24.1 Å². The molecule has 8 nitrogen and oxygen atoms in total. The minimum absolute atomic E-state index is 0. The van der Waals surface area contributed by atoms with Crippen molar-refractivity contribution in [1.82, 2.24) is 24.9 Å². The van der Waals surface area contributed by atoms with Gasteiger partial charge < -0.3 is 16.0 Å². The summed E-state index contributed by atoms with van der Waals surface area (Å²) in [6.07, 6.45) is 2.87. The molecular weight excluding hydrogens is 373 g/mol. The molecule has 4 N–H and O–H groups in total. The van der Waals surface area contributed by atoms with Crippen LogP contribution in [0.4, 0.5) is 15.9 Å². The lowest BCUT2D eigenvalue weighted by Crippen LogP contribution is -2.06. The SMILES string of the molecule is Cl.Nc1cnc(-c2cc(-c3ccon3)n(Cc3ccccc3F)n2)nc1N. The summed E-state index contributed by atoms with van der Waals surface area (Å²) in [7, 11) is 0. The second-order valence-electron chi connectivity index (χ2n) is 5.58. The van der Waals surface area contributed by atoms with Crippen molar-refractivity contribution in [3.63, 3.8) is 0 Å². The first kappa shape index (κ1) is 18.3. The zero-order valence-electron chi connectivity index (χ0n) is 13.9. The van der Waals surface area contributed by atoms with Gasteiger partial charge in [0.15, 0.2) is 11.6 Å². The quantitative estimate of drug-likeness (QED) is 0.552. The molecule has 0 aliphatic rings. The molecule has 0 bridgehead atoms. The monoisotopic (exact) mass is 387 g/mol. The van der Waals surface area contributed by atoms with E-state index < -0.39 is 0 Å². The number of halogens is 2. The maximum Gasteiger partial charge on any atom is 0.182 e. The molecule has 0 aliphatic heterocycles. The number of anilines is 2. The molecule has 0 saturated carbocycles. The first-order valence-electron chi connectivity index (χ1n) is 7.72. The molecule has 0 aliphatic carbocycles. The van der Waals surface area contributed by atoms with Gasteiger partial charge in [-0.15, -0.1) is 12.4 Å². The lowest BCUT2D eigenvalue weighted by molar-refractivity contribution is 0.421. The van der Waals surface area contributed by atoms with Gasteiger partial charge in [-0.1, -0.05) is 23.4 Å². The highest BCUT2D eigenvalue weighted by Gasteiger charge is 2.17. The highest BCUT2D eigenvalue weighted by Crippen LogP contribution is 2.25. The minimum atomic E-state index is -0.316. The molecule has 4 rings (SSSR count). The van der Waals surface area contributed by atoms with Crippen LogP contribution in [0, 0.1) is 5.82 Å². The molecule has 0 atom stereocenters. The lowest BCUT2D eigenvalue weighted by Gasteiger charge is -2.06. The van der Waals surface area contributed by atoms with Crippen LogP contribution in [0.2, 0.25) is 0 Å². The Morgan fingerprint density at radius 3 is 2.63 bits per heavy atom. The van der Waals surface area contributed by atoms with E-state index in [0.717, 1.165) is 0 Å². The third-order valence-electron chi connectivity index (χ3n) is 3.84. The minimum Gasteiger partial charge on any atom is -0.394 e. The first-order chi connectivity index (χ1) is 12.6. The fourth-order valence-corrected chi connectivity index (χ4v) is 2.51. The molecule has 138 valence electrons. The average molecular weight is 388 g/mol. The molecule has 4 aromatic rings. The van der Waals surface area contributed by atoms with E-state index in [1.807, 2.05) is 0 Å². The van der Waals surface area contributed by atoms with E-state index in [9.17, 15) is 4.39 Å². The molecule has 0 radical (unpaired) electrons. The Hall–Kier alpha value is -3.46. The molecule has 1 aromatic carbocycles. The van der Waals surface area contributed by atoms with Crippen molar-refractivity contribution in [2.45, 2.75) is 6.54 Å². The van der Waals surface area contributed by atoms with Gasteiger partial charge in [-0.2, -0.15) is 5.10 Å². The Labute approximate surface area is 159 Å². The summed E-state index contributed by atoms with van der Waals surface area (Å²) in [6.45, 7) is 0.208. The van der Waals surface area contributed by atoms with Crippen molar-refractivity contribution in [3.8, 4) is 22.9 Å². The van der Waals surface area contributed by atoms with Gasteiger partial charge in [0.25, 0.3) is 0 Å². The predicted octanol–water partition coefficient (Wildman–Crippen LogP) is 2.77. The average Bonchev–Trinajstić information content (AvgIpc) is 3.29. The molecule has 0 fully saturated rings. The number of nitrogens with two attached hydrogens (primary N) is 2. The Bertz CT molecular complexity index is 1070. The Morgan fingerprint density at radius 2 is 1.93 bits per heavy atom. The number of aromatic nitrogens is 5. The molecule has 10 heteroatoms. The van der Waals surface area contributed by atoms with Crippen molar-refractivity contribution in [2.75, 3.05) is 11.5 Å². The maximum absolute atomic E-state index is 14.0. The highest BCUT2D eigenvalue weighted by molar-refractivity contribution is 5.85. The van der Waals surface area contributed by atoms with Gasteiger partial charge >= 0.3 is 0 Å². The van der Waals surface area contributed by atoms with Crippen LogP contribution in [0.3, 0.4) is 0 Å². The van der Waals surface area contributed by atoms with Crippen LogP contribution in [-0.4, -0.2) is 24.9 Å². The van der Waals surface area contributed by atoms with Crippen LogP contribution in [0.5, 0.6) is 0 Å². The lowest BCUT2D eigenvalue weighted by atomic mass is 10.2. The van der Waals surface area contributed by atoms with Gasteiger partial charge in [-0.3, -0.25) is 4.68 Å². The fourth-order valence-electron chi connectivity index (χ4n) is 2.51. The Balaban J connectivity index is 0.00000210. The van der Waals surface area contributed by atoms with E-state index >= 15 is 0 Å². The fraction of sp³-hybridized carbons (Fsp3) is 0.0588. The molecule has 0 amide bonds. The third kappa shape index (κ3) is 3.58. The summed E-state index contributed by atoms with van der Waals surface area (Å²) in [5.41, 5.74) is 13.8. The number of benzene rings is 1. The number of hydrogen-bond donors (Lipinski definition) is 2. The summed E-state index contributed by atoms with van der Waals surface area (Å²) < 4.78 is 20.6. The van der Waals surface area contributed by atoms with Crippen LogP contribution in [-0.2, 0) is 6.54 Å². The molecular formula is C17H15ClFN7O. The van der Waals surface area contributed by atoms with E-state index in [1.54, 1.807) is 35.0 Å². The summed E-state index contributed by atoms with van der Waals surface area (Å²) in [6, 6.07) is 9.93. The van der Waals surface area contributed by atoms with Crippen molar-refractivity contribution < 1.29 is 8.91 Å². The number of nitrogens with zero attached hydrogens (tertiary/aromatic N) is 5. The van der Waals surface area contributed by atoms with Crippen molar-refractivity contribution in [1.29, 1.82) is 0 Å². The highest BCUT2D eigenvalue weighted by atomic mass is 35.5. The summed E-state index contributed by atoms with van der Waals surface area (Å²) in [5.74, 6) is 0.166. The van der Waals surface area contributed by atoms with Gasteiger partial charge in [0, 0.05) is 11.6 Å². The van der Waals surface area contributed by atoms with E-state index in [4.69, 9.17) is 16.0 Å². The second-order valence-corrected chi connectivity index (χ2v) is 5.58. The maximum atomic E-state index is 14.0. The van der Waals surface area contributed by atoms with E-state index in [-0.39, 0.29) is 36.3 Å². The van der Waals surface area contributed by atoms with Crippen LogP contribution in [0.1, 0.15) is 5.56 Å². The number of nitrogen functional groups attached to an aromatic ring is 2. The molecule has 0 spiro atoms. The van der Waals surface area contributed by atoms with E-state index in [0.29, 0.717) is 28.5 Å². The van der Waals surface area contributed by atoms with Crippen LogP contribution in [0.15, 0.2) is 53.4 Å². The number of hydrogen-bond acceptors (Lipinski definition) is 7. The van der Waals surface area contributed by atoms with Gasteiger partial charge in [0.1, 0.15) is 23.5 Å².